The summed E-state index contributed by atoms with van der Waals surface area (Å²) in [5.41, 5.74) is -0.0467. The van der Waals surface area contributed by atoms with E-state index in [2.05, 4.69) is 6.08 Å². The number of hydrogen-bond donors (Lipinski definition) is 0. The summed E-state index contributed by atoms with van der Waals surface area (Å²) in [6, 6.07) is 0. The van der Waals surface area contributed by atoms with E-state index in [4.69, 9.17) is 9.47 Å². The van der Waals surface area contributed by atoms with Gasteiger partial charge in [-0.15, -0.1) is 0 Å². The van der Waals surface area contributed by atoms with Crippen molar-refractivity contribution in [2.24, 2.45) is 0 Å². The number of carbonyl (C=O) groups excluding carboxylic acids is 1. The van der Waals surface area contributed by atoms with Crippen LogP contribution in [0.1, 0.15) is 39.0 Å². The van der Waals surface area contributed by atoms with E-state index in [0.717, 1.165) is 25.9 Å². The van der Waals surface area contributed by atoms with Gasteiger partial charge >= 0.3 is 5.97 Å². The van der Waals surface area contributed by atoms with Gasteiger partial charge in [-0.05, 0) is 38.2 Å². The van der Waals surface area contributed by atoms with Gasteiger partial charge in [0.15, 0.2) is 0 Å². The molecule has 3 heteroatoms. The maximum absolute atomic E-state index is 10.8. The quantitative estimate of drug-likeness (QED) is 0.491. The fraction of sp³-hybridized carbons (Fsp3) is 0.750. The fourth-order valence-electron chi connectivity index (χ4n) is 2.36. The van der Waals surface area contributed by atoms with E-state index >= 15 is 0 Å². The standard InChI is InChI=1S/C12H18O3/c1-10(13)15-11-4-7-12(8-5-11)6-2-3-9-14-12/h4,7,11H,2-3,5-6,8-9H2,1H3/t11-,12-/m0/s1. The first-order chi connectivity index (χ1) is 7.20. The molecule has 1 fully saturated rings. The summed E-state index contributed by atoms with van der Waals surface area (Å²) >= 11 is 0. The van der Waals surface area contributed by atoms with Gasteiger partial charge in [-0.2, -0.15) is 0 Å². The SMILES string of the molecule is CC(=O)O[C@H]1C=C[C@@]2(CCCCO2)CC1. The lowest BCUT2D eigenvalue weighted by molar-refractivity contribution is -0.146. The lowest BCUT2D eigenvalue weighted by atomic mass is 9.84. The van der Waals surface area contributed by atoms with Crippen LogP contribution in [0.2, 0.25) is 0 Å². The number of ether oxygens (including phenoxy) is 2. The van der Waals surface area contributed by atoms with Gasteiger partial charge in [0.05, 0.1) is 5.60 Å². The molecule has 1 aliphatic heterocycles. The van der Waals surface area contributed by atoms with Crippen LogP contribution in [0.15, 0.2) is 12.2 Å². The zero-order chi connectivity index (χ0) is 10.7. The van der Waals surface area contributed by atoms with Crippen molar-refractivity contribution in [2.75, 3.05) is 6.61 Å². The van der Waals surface area contributed by atoms with E-state index in [1.165, 1.54) is 19.8 Å². The van der Waals surface area contributed by atoms with Crippen LogP contribution in [0.5, 0.6) is 0 Å². The van der Waals surface area contributed by atoms with Crippen molar-refractivity contribution in [1.29, 1.82) is 0 Å². The number of rotatable bonds is 1. The predicted octanol–water partition coefficient (Wildman–Crippen LogP) is 2.21. The molecule has 0 saturated carbocycles. The molecule has 15 heavy (non-hydrogen) atoms. The average molecular weight is 210 g/mol. The third-order valence-corrected chi connectivity index (χ3v) is 3.17. The Kier molecular flexibility index (Phi) is 3.10. The number of esters is 1. The Labute approximate surface area is 90.4 Å². The first-order valence-corrected chi connectivity index (χ1v) is 5.71. The van der Waals surface area contributed by atoms with Crippen LogP contribution in [0.25, 0.3) is 0 Å². The summed E-state index contributed by atoms with van der Waals surface area (Å²) in [6.07, 6.45) is 9.41. The smallest absolute Gasteiger partial charge is 0.303 e. The monoisotopic (exact) mass is 210 g/mol. The molecule has 1 aliphatic carbocycles. The Hall–Kier alpha value is -0.830. The van der Waals surface area contributed by atoms with Crippen LogP contribution in [0.3, 0.4) is 0 Å². The second-order valence-corrected chi connectivity index (χ2v) is 4.42. The molecule has 2 rings (SSSR count). The van der Waals surface area contributed by atoms with Crippen molar-refractivity contribution < 1.29 is 14.3 Å². The van der Waals surface area contributed by atoms with E-state index in [1.807, 2.05) is 6.08 Å². The molecule has 2 aliphatic rings. The molecule has 0 bridgehead atoms. The minimum absolute atomic E-state index is 0.0429. The second kappa shape index (κ2) is 4.35. The van der Waals surface area contributed by atoms with E-state index in [9.17, 15) is 4.79 Å². The molecule has 1 heterocycles. The van der Waals surface area contributed by atoms with Gasteiger partial charge in [-0.25, -0.2) is 0 Å². The van der Waals surface area contributed by atoms with Crippen molar-refractivity contribution >= 4 is 5.97 Å². The fourth-order valence-corrected chi connectivity index (χ4v) is 2.36. The third kappa shape index (κ3) is 2.59. The van der Waals surface area contributed by atoms with Crippen LogP contribution in [0.4, 0.5) is 0 Å². The Morgan fingerprint density at radius 2 is 2.33 bits per heavy atom. The molecular weight excluding hydrogens is 192 g/mol. The summed E-state index contributed by atoms with van der Waals surface area (Å²) < 4.78 is 11.0. The highest BCUT2D eigenvalue weighted by molar-refractivity contribution is 5.66. The normalized spacial score (nSPS) is 35.4. The molecule has 0 N–H and O–H groups in total. The predicted molar refractivity (Wildman–Crippen MR) is 56.5 cm³/mol. The Bertz CT molecular complexity index is 264. The summed E-state index contributed by atoms with van der Waals surface area (Å²) in [7, 11) is 0. The van der Waals surface area contributed by atoms with Crippen LogP contribution >= 0.6 is 0 Å². The molecule has 0 aromatic rings. The number of carbonyl (C=O) groups is 1. The summed E-state index contributed by atoms with van der Waals surface area (Å²) in [5.74, 6) is -0.204. The molecule has 1 saturated heterocycles. The van der Waals surface area contributed by atoms with Crippen molar-refractivity contribution in [2.45, 2.75) is 50.7 Å². The maximum atomic E-state index is 10.8. The highest BCUT2D eigenvalue weighted by Gasteiger charge is 2.34. The molecule has 0 aromatic heterocycles. The Morgan fingerprint density at radius 1 is 1.47 bits per heavy atom. The average Bonchev–Trinajstić information content (AvgIpc) is 2.23. The van der Waals surface area contributed by atoms with E-state index in [0.29, 0.717) is 0 Å². The molecule has 0 amide bonds. The molecule has 2 atom stereocenters. The van der Waals surface area contributed by atoms with E-state index in [-0.39, 0.29) is 17.7 Å². The molecule has 3 nitrogen and oxygen atoms in total. The molecule has 0 radical (unpaired) electrons. The minimum atomic E-state index is -0.204. The summed E-state index contributed by atoms with van der Waals surface area (Å²) in [4.78, 5) is 10.8. The van der Waals surface area contributed by atoms with Gasteiger partial charge in [0.25, 0.3) is 0 Å². The molecule has 0 unspecified atom stereocenters. The van der Waals surface area contributed by atoms with Gasteiger partial charge in [0.1, 0.15) is 6.10 Å². The van der Waals surface area contributed by atoms with Gasteiger partial charge in [0.2, 0.25) is 0 Å². The van der Waals surface area contributed by atoms with Crippen LogP contribution < -0.4 is 0 Å². The van der Waals surface area contributed by atoms with Gasteiger partial charge < -0.3 is 9.47 Å². The van der Waals surface area contributed by atoms with E-state index < -0.39 is 0 Å². The van der Waals surface area contributed by atoms with E-state index in [1.54, 1.807) is 0 Å². The van der Waals surface area contributed by atoms with Crippen molar-refractivity contribution in [3.63, 3.8) is 0 Å². The van der Waals surface area contributed by atoms with Crippen LogP contribution in [0, 0.1) is 0 Å². The lowest BCUT2D eigenvalue weighted by Gasteiger charge is -2.38. The zero-order valence-corrected chi connectivity index (χ0v) is 9.20. The maximum Gasteiger partial charge on any atom is 0.303 e. The Balaban J connectivity index is 1.95. The molecule has 1 spiro atoms. The van der Waals surface area contributed by atoms with Crippen molar-refractivity contribution in [3.05, 3.63) is 12.2 Å². The second-order valence-electron chi connectivity index (χ2n) is 4.42. The highest BCUT2D eigenvalue weighted by atomic mass is 16.5. The summed E-state index contributed by atoms with van der Waals surface area (Å²) in [6.45, 7) is 2.32. The van der Waals surface area contributed by atoms with Gasteiger partial charge in [-0.1, -0.05) is 6.08 Å². The zero-order valence-electron chi connectivity index (χ0n) is 9.20. The molecule has 84 valence electrons. The highest BCUT2D eigenvalue weighted by Crippen LogP contribution is 2.35. The van der Waals surface area contributed by atoms with Crippen molar-refractivity contribution in [3.8, 4) is 0 Å². The molecule has 0 aromatic carbocycles. The third-order valence-electron chi connectivity index (χ3n) is 3.17. The first kappa shape index (κ1) is 10.7. The molecular formula is C12H18O3. The lowest BCUT2D eigenvalue weighted by Crippen LogP contribution is -2.38. The number of hydrogen-bond acceptors (Lipinski definition) is 3. The van der Waals surface area contributed by atoms with Crippen LogP contribution in [-0.2, 0) is 14.3 Å². The van der Waals surface area contributed by atoms with Gasteiger partial charge in [0, 0.05) is 13.5 Å². The van der Waals surface area contributed by atoms with Crippen molar-refractivity contribution in [1.82, 2.24) is 0 Å². The van der Waals surface area contributed by atoms with Gasteiger partial charge in [-0.3, -0.25) is 4.79 Å². The summed E-state index contributed by atoms with van der Waals surface area (Å²) in [5, 5.41) is 0. The topological polar surface area (TPSA) is 35.5 Å². The largest absolute Gasteiger partial charge is 0.458 e. The Morgan fingerprint density at radius 3 is 2.87 bits per heavy atom. The minimum Gasteiger partial charge on any atom is -0.458 e. The first-order valence-electron chi connectivity index (χ1n) is 5.71. The van der Waals surface area contributed by atoms with Crippen LogP contribution in [-0.4, -0.2) is 24.3 Å².